The molecule has 2 N–H and O–H groups in total. The number of hydrogen-bond acceptors (Lipinski definition) is 1. The average molecular weight is 261 g/mol. The Morgan fingerprint density at radius 1 is 1.05 bits per heavy atom. The van der Waals surface area contributed by atoms with Crippen molar-refractivity contribution < 1.29 is 4.79 Å². The van der Waals surface area contributed by atoms with Crippen LogP contribution in [0, 0.1) is 0 Å². The van der Waals surface area contributed by atoms with Crippen LogP contribution in [0.4, 0.5) is 0 Å². The topological polar surface area (TPSA) is 43.1 Å². The number of amides is 1. The number of rotatable bonds is 2. The first-order valence-electron chi connectivity index (χ1n) is 6.99. The van der Waals surface area contributed by atoms with Crippen LogP contribution < -0.4 is 5.73 Å². The van der Waals surface area contributed by atoms with Crippen molar-refractivity contribution in [3.05, 3.63) is 64.2 Å². The first-order valence-corrected chi connectivity index (χ1v) is 6.99. The van der Waals surface area contributed by atoms with Gasteiger partial charge in [0, 0.05) is 5.56 Å². The smallest absolute Gasteiger partial charge is 0.249 e. The summed E-state index contributed by atoms with van der Waals surface area (Å²) in [6.07, 6.45) is 7.45. The zero-order valence-corrected chi connectivity index (χ0v) is 11.1. The molecule has 1 amide bonds. The van der Waals surface area contributed by atoms with E-state index in [1.165, 1.54) is 22.3 Å². The Hall–Kier alpha value is -2.35. The molecule has 0 saturated heterocycles. The van der Waals surface area contributed by atoms with Gasteiger partial charge in [0.15, 0.2) is 0 Å². The summed E-state index contributed by atoms with van der Waals surface area (Å²) in [6, 6.07) is 10.3. The molecule has 4 rings (SSSR count). The lowest BCUT2D eigenvalue weighted by atomic mass is 9.79. The molecule has 0 spiro atoms. The van der Waals surface area contributed by atoms with Gasteiger partial charge in [0.25, 0.3) is 0 Å². The predicted molar refractivity (Wildman–Crippen MR) is 80.5 cm³/mol. The number of fused-ring (bicyclic) bond motifs is 2. The van der Waals surface area contributed by atoms with Gasteiger partial charge in [-0.05, 0) is 58.7 Å². The van der Waals surface area contributed by atoms with Gasteiger partial charge in [-0.25, -0.2) is 0 Å². The summed E-state index contributed by atoms with van der Waals surface area (Å²) in [5.41, 5.74) is 13.7. The van der Waals surface area contributed by atoms with Gasteiger partial charge in [-0.1, -0.05) is 36.4 Å². The van der Waals surface area contributed by atoms with E-state index in [4.69, 9.17) is 5.73 Å². The Morgan fingerprint density at radius 3 is 2.70 bits per heavy atom. The molecule has 2 aromatic carbocycles. The molecule has 0 unspecified atom stereocenters. The normalized spacial score (nSPS) is 14.6. The molecule has 2 aliphatic rings. The molecule has 98 valence electrons. The summed E-state index contributed by atoms with van der Waals surface area (Å²) in [4.78, 5) is 11.8. The number of allylic oxidation sites excluding steroid dienone is 1. The van der Waals surface area contributed by atoms with Crippen LogP contribution in [0.5, 0.6) is 0 Å². The Balaban J connectivity index is 2.04. The van der Waals surface area contributed by atoms with Crippen molar-refractivity contribution in [3.8, 4) is 11.1 Å². The fourth-order valence-electron chi connectivity index (χ4n) is 3.32. The zero-order chi connectivity index (χ0) is 13.7. The highest BCUT2D eigenvalue weighted by molar-refractivity contribution is 6.02. The van der Waals surface area contributed by atoms with E-state index >= 15 is 0 Å². The molecule has 0 aliphatic heterocycles. The minimum atomic E-state index is -0.339. The number of carbonyl (C=O) groups excluding carboxylic acids is 1. The van der Waals surface area contributed by atoms with E-state index in [0.29, 0.717) is 5.56 Å². The minimum Gasteiger partial charge on any atom is -0.366 e. The van der Waals surface area contributed by atoms with E-state index < -0.39 is 0 Å². The second-order valence-electron chi connectivity index (χ2n) is 5.47. The van der Waals surface area contributed by atoms with Crippen molar-refractivity contribution in [1.29, 1.82) is 0 Å². The summed E-state index contributed by atoms with van der Waals surface area (Å²) >= 11 is 0. The maximum Gasteiger partial charge on any atom is 0.249 e. The number of primary amides is 1. The lowest BCUT2D eigenvalue weighted by molar-refractivity contribution is 0.100. The van der Waals surface area contributed by atoms with Gasteiger partial charge in [-0.15, -0.1) is 0 Å². The number of aryl methyl sites for hydroxylation is 1. The van der Waals surface area contributed by atoms with Gasteiger partial charge in [0.2, 0.25) is 5.91 Å². The Labute approximate surface area is 117 Å². The Morgan fingerprint density at radius 2 is 1.95 bits per heavy atom. The van der Waals surface area contributed by atoms with Crippen molar-refractivity contribution >= 4 is 12.0 Å². The maximum absolute atomic E-state index is 11.8. The van der Waals surface area contributed by atoms with E-state index in [9.17, 15) is 4.79 Å². The largest absolute Gasteiger partial charge is 0.366 e. The third kappa shape index (κ3) is 1.48. The minimum absolute atomic E-state index is 0.339. The average Bonchev–Trinajstić information content (AvgIpc) is 2.87. The third-order valence-corrected chi connectivity index (χ3v) is 4.41. The lowest BCUT2D eigenvalue weighted by Gasteiger charge is -2.25. The molecule has 2 heteroatoms. The molecular formula is C18H15NO. The second-order valence-corrected chi connectivity index (χ2v) is 5.47. The first kappa shape index (κ1) is 11.5. The molecule has 0 saturated carbocycles. The summed E-state index contributed by atoms with van der Waals surface area (Å²) < 4.78 is 0. The van der Waals surface area contributed by atoms with Crippen LogP contribution in [0.1, 0.15) is 32.6 Å². The highest BCUT2D eigenvalue weighted by Crippen LogP contribution is 2.40. The third-order valence-electron chi connectivity index (χ3n) is 4.41. The van der Waals surface area contributed by atoms with Gasteiger partial charge in [-0.3, -0.25) is 4.79 Å². The Bertz CT molecular complexity index is 771. The van der Waals surface area contributed by atoms with Gasteiger partial charge in [0.1, 0.15) is 0 Å². The molecule has 0 heterocycles. The maximum atomic E-state index is 11.8. The molecule has 20 heavy (non-hydrogen) atoms. The van der Waals surface area contributed by atoms with Crippen molar-refractivity contribution in [2.75, 3.05) is 0 Å². The number of hydrogen-bond donors (Lipinski definition) is 1. The molecular weight excluding hydrogens is 246 g/mol. The molecule has 2 aliphatic carbocycles. The van der Waals surface area contributed by atoms with Crippen molar-refractivity contribution in [2.24, 2.45) is 5.73 Å². The van der Waals surface area contributed by atoms with Crippen LogP contribution in [0.2, 0.25) is 0 Å². The molecule has 2 nitrogen and oxygen atoms in total. The van der Waals surface area contributed by atoms with E-state index in [0.717, 1.165) is 30.4 Å². The SMILES string of the molecule is NC(=O)c1ccc2c(c1-c1cccc3c1C=CC3)CC2. The van der Waals surface area contributed by atoms with Crippen LogP contribution in [-0.4, -0.2) is 5.91 Å². The van der Waals surface area contributed by atoms with Crippen LogP contribution in [0.25, 0.3) is 17.2 Å². The standard InChI is InChI=1S/C18H15NO/c19-18(20)16-10-8-12-7-9-14(12)17(16)15-6-2-4-11-3-1-5-13(11)15/h1-2,4-6,8,10H,3,7,9H2,(H2,19,20). The predicted octanol–water partition coefficient (Wildman–Crippen LogP) is 3.12. The number of benzene rings is 2. The van der Waals surface area contributed by atoms with E-state index in [-0.39, 0.29) is 5.91 Å². The number of carbonyl (C=O) groups is 1. The van der Waals surface area contributed by atoms with E-state index in [1.54, 1.807) is 0 Å². The van der Waals surface area contributed by atoms with Crippen LogP contribution >= 0.6 is 0 Å². The van der Waals surface area contributed by atoms with Gasteiger partial charge >= 0.3 is 0 Å². The second kappa shape index (κ2) is 4.07. The van der Waals surface area contributed by atoms with E-state index in [1.807, 2.05) is 12.1 Å². The fraction of sp³-hybridized carbons (Fsp3) is 0.167. The molecule has 2 aromatic rings. The quantitative estimate of drug-likeness (QED) is 0.886. The zero-order valence-electron chi connectivity index (χ0n) is 11.1. The monoisotopic (exact) mass is 261 g/mol. The van der Waals surface area contributed by atoms with Crippen molar-refractivity contribution in [3.63, 3.8) is 0 Å². The highest BCUT2D eigenvalue weighted by Gasteiger charge is 2.25. The first-order chi connectivity index (χ1) is 9.75. The summed E-state index contributed by atoms with van der Waals surface area (Å²) in [6.45, 7) is 0. The van der Waals surface area contributed by atoms with Crippen molar-refractivity contribution in [2.45, 2.75) is 19.3 Å². The molecule has 0 radical (unpaired) electrons. The number of nitrogens with two attached hydrogens (primary N) is 1. The van der Waals surface area contributed by atoms with Gasteiger partial charge < -0.3 is 5.73 Å². The lowest BCUT2D eigenvalue weighted by Crippen LogP contribution is -2.18. The summed E-state index contributed by atoms with van der Waals surface area (Å²) in [5, 5.41) is 0. The van der Waals surface area contributed by atoms with Gasteiger partial charge in [-0.2, -0.15) is 0 Å². The summed E-state index contributed by atoms with van der Waals surface area (Å²) in [5.74, 6) is -0.339. The molecule has 0 fully saturated rings. The van der Waals surface area contributed by atoms with Gasteiger partial charge in [0.05, 0.1) is 0 Å². The van der Waals surface area contributed by atoms with Crippen molar-refractivity contribution in [1.82, 2.24) is 0 Å². The summed E-state index contributed by atoms with van der Waals surface area (Å²) in [7, 11) is 0. The molecule has 0 aromatic heterocycles. The van der Waals surface area contributed by atoms with Crippen LogP contribution in [0.3, 0.4) is 0 Å². The molecule has 0 atom stereocenters. The highest BCUT2D eigenvalue weighted by atomic mass is 16.1. The molecule has 0 bridgehead atoms. The van der Waals surface area contributed by atoms with Crippen LogP contribution in [-0.2, 0) is 19.3 Å². The Kier molecular flexibility index (Phi) is 2.34. The van der Waals surface area contributed by atoms with E-state index in [2.05, 4.69) is 30.4 Å². The van der Waals surface area contributed by atoms with Crippen LogP contribution in [0.15, 0.2) is 36.4 Å². The fourth-order valence-corrected chi connectivity index (χ4v) is 3.32.